The van der Waals surface area contributed by atoms with Crippen molar-refractivity contribution in [3.8, 4) is 0 Å². The van der Waals surface area contributed by atoms with E-state index in [0.717, 1.165) is 26.1 Å². The highest BCUT2D eigenvalue weighted by Crippen LogP contribution is 2.21. The number of hydrogen-bond donors (Lipinski definition) is 1. The zero-order valence-electron chi connectivity index (χ0n) is 9.34. The Morgan fingerprint density at radius 3 is 2.62 bits per heavy atom. The molecule has 0 spiro atoms. The van der Waals surface area contributed by atoms with E-state index in [1.165, 1.54) is 5.56 Å². The van der Waals surface area contributed by atoms with Crippen LogP contribution in [0.1, 0.15) is 5.56 Å². The Kier molecular flexibility index (Phi) is 4.09. The zero-order valence-corrected chi connectivity index (χ0v) is 10.9. The van der Waals surface area contributed by atoms with E-state index in [4.69, 9.17) is 23.2 Å². The van der Waals surface area contributed by atoms with Crippen molar-refractivity contribution in [3.63, 3.8) is 0 Å². The molecule has 1 N–H and O–H groups in total. The van der Waals surface area contributed by atoms with E-state index >= 15 is 0 Å². The summed E-state index contributed by atoms with van der Waals surface area (Å²) in [6.45, 7) is 3.20. The molecule has 1 saturated heterocycles. The van der Waals surface area contributed by atoms with E-state index in [-0.39, 0.29) is 0 Å². The van der Waals surface area contributed by atoms with Crippen LogP contribution < -0.4 is 5.32 Å². The van der Waals surface area contributed by atoms with E-state index < -0.39 is 0 Å². The third kappa shape index (κ3) is 3.11. The molecule has 1 aliphatic heterocycles. The van der Waals surface area contributed by atoms with Crippen LogP contribution in [0.4, 0.5) is 0 Å². The first-order chi connectivity index (χ1) is 7.65. The first kappa shape index (κ1) is 12.2. The van der Waals surface area contributed by atoms with E-state index in [9.17, 15) is 0 Å². The van der Waals surface area contributed by atoms with Crippen LogP contribution in [0.5, 0.6) is 0 Å². The topological polar surface area (TPSA) is 15.3 Å². The Morgan fingerprint density at radius 2 is 2.00 bits per heavy atom. The molecule has 1 heterocycles. The lowest BCUT2D eigenvalue weighted by atomic mass is 10.0. The SMILES string of the molecule is CN1CCNCC1Cc1cc(Cl)cc(Cl)c1. The van der Waals surface area contributed by atoms with Crippen LogP contribution in [-0.2, 0) is 6.42 Å². The molecule has 1 atom stereocenters. The highest BCUT2D eigenvalue weighted by molar-refractivity contribution is 6.34. The van der Waals surface area contributed by atoms with E-state index in [2.05, 4.69) is 17.3 Å². The molecule has 4 heteroatoms. The minimum atomic E-state index is 0.531. The summed E-state index contributed by atoms with van der Waals surface area (Å²) in [5, 5.41) is 4.84. The number of rotatable bonds is 2. The molecular formula is C12H16Cl2N2. The lowest BCUT2D eigenvalue weighted by Crippen LogP contribution is -2.50. The minimum absolute atomic E-state index is 0.531. The monoisotopic (exact) mass is 258 g/mol. The van der Waals surface area contributed by atoms with E-state index in [0.29, 0.717) is 16.1 Å². The van der Waals surface area contributed by atoms with Crippen LogP contribution in [-0.4, -0.2) is 37.6 Å². The molecule has 2 rings (SSSR count). The van der Waals surface area contributed by atoms with Gasteiger partial charge in [0.2, 0.25) is 0 Å². The molecule has 0 aromatic heterocycles. The average molecular weight is 259 g/mol. The Labute approximate surface area is 107 Å². The predicted octanol–water partition coefficient (Wildman–Crippen LogP) is 2.44. The fourth-order valence-electron chi connectivity index (χ4n) is 2.09. The van der Waals surface area contributed by atoms with Crippen LogP contribution in [0, 0.1) is 0 Å². The molecule has 1 fully saturated rings. The fourth-order valence-corrected chi connectivity index (χ4v) is 2.66. The highest BCUT2D eigenvalue weighted by Gasteiger charge is 2.18. The van der Waals surface area contributed by atoms with Crippen LogP contribution in [0.15, 0.2) is 18.2 Å². The summed E-state index contributed by atoms with van der Waals surface area (Å²) in [6.07, 6.45) is 0.990. The summed E-state index contributed by atoms with van der Waals surface area (Å²) in [5.74, 6) is 0. The molecule has 0 amide bonds. The van der Waals surface area contributed by atoms with Gasteiger partial charge in [-0.2, -0.15) is 0 Å². The molecule has 0 aliphatic carbocycles. The summed E-state index contributed by atoms with van der Waals surface area (Å²) in [4.78, 5) is 2.38. The summed E-state index contributed by atoms with van der Waals surface area (Å²) in [5.41, 5.74) is 1.21. The third-order valence-corrected chi connectivity index (χ3v) is 3.47. The Bertz CT molecular complexity index is 348. The summed E-state index contributed by atoms with van der Waals surface area (Å²) < 4.78 is 0. The van der Waals surface area contributed by atoms with Gasteiger partial charge in [-0.05, 0) is 37.2 Å². The second-order valence-corrected chi connectivity index (χ2v) is 5.19. The number of piperazine rings is 1. The number of hydrogen-bond acceptors (Lipinski definition) is 2. The molecule has 0 saturated carbocycles. The predicted molar refractivity (Wildman–Crippen MR) is 69.5 cm³/mol. The van der Waals surface area contributed by atoms with Gasteiger partial charge in [-0.3, -0.25) is 0 Å². The number of nitrogens with zero attached hydrogens (tertiary/aromatic N) is 1. The lowest BCUT2D eigenvalue weighted by Gasteiger charge is -2.33. The highest BCUT2D eigenvalue weighted by atomic mass is 35.5. The standard InChI is InChI=1S/C12H16Cl2N2/c1-16-3-2-15-8-12(16)6-9-4-10(13)7-11(14)5-9/h4-5,7,12,15H,2-3,6,8H2,1H3. The van der Waals surface area contributed by atoms with Gasteiger partial charge in [-0.25, -0.2) is 0 Å². The average Bonchev–Trinajstić information content (AvgIpc) is 2.20. The first-order valence-corrected chi connectivity index (χ1v) is 6.26. The maximum Gasteiger partial charge on any atom is 0.0423 e. The van der Waals surface area contributed by atoms with Gasteiger partial charge in [0.15, 0.2) is 0 Å². The fraction of sp³-hybridized carbons (Fsp3) is 0.500. The van der Waals surface area contributed by atoms with Gasteiger partial charge < -0.3 is 10.2 Å². The third-order valence-electron chi connectivity index (χ3n) is 3.04. The summed E-state index contributed by atoms with van der Waals surface area (Å²) in [7, 11) is 2.16. The van der Waals surface area contributed by atoms with Crippen molar-refractivity contribution in [1.29, 1.82) is 0 Å². The molecular weight excluding hydrogens is 243 g/mol. The van der Waals surface area contributed by atoms with E-state index in [1.54, 1.807) is 6.07 Å². The Morgan fingerprint density at radius 1 is 1.31 bits per heavy atom. The number of halogens is 2. The molecule has 16 heavy (non-hydrogen) atoms. The van der Waals surface area contributed by atoms with Crippen molar-refractivity contribution in [2.45, 2.75) is 12.5 Å². The van der Waals surface area contributed by atoms with Gasteiger partial charge in [0.1, 0.15) is 0 Å². The van der Waals surface area contributed by atoms with Crippen molar-refractivity contribution in [3.05, 3.63) is 33.8 Å². The maximum atomic E-state index is 5.99. The summed E-state index contributed by atoms with van der Waals surface area (Å²) in [6, 6.07) is 6.30. The molecule has 0 bridgehead atoms. The van der Waals surface area contributed by atoms with Gasteiger partial charge in [-0.1, -0.05) is 23.2 Å². The van der Waals surface area contributed by atoms with Crippen molar-refractivity contribution >= 4 is 23.2 Å². The van der Waals surface area contributed by atoms with Gasteiger partial charge in [-0.15, -0.1) is 0 Å². The largest absolute Gasteiger partial charge is 0.314 e. The van der Waals surface area contributed by atoms with Gasteiger partial charge >= 0.3 is 0 Å². The van der Waals surface area contributed by atoms with Gasteiger partial charge in [0, 0.05) is 35.7 Å². The van der Waals surface area contributed by atoms with Crippen molar-refractivity contribution in [2.75, 3.05) is 26.7 Å². The molecule has 0 radical (unpaired) electrons. The Balaban J connectivity index is 2.07. The summed E-state index contributed by atoms with van der Waals surface area (Å²) >= 11 is 12.0. The van der Waals surface area contributed by atoms with Crippen LogP contribution in [0.25, 0.3) is 0 Å². The second kappa shape index (κ2) is 5.37. The number of nitrogens with one attached hydrogen (secondary N) is 1. The molecule has 88 valence electrons. The molecule has 1 unspecified atom stereocenters. The van der Waals surface area contributed by atoms with Crippen molar-refractivity contribution in [2.24, 2.45) is 0 Å². The number of likely N-dealkylation sites (N-methyl/N-ethyl adjacent to an activating group) is 1. The molecule has 1 aliphatic rings. The first-order valence-electron chi connectivity index (χ1n) is 5.51. The second-order valence-electron chi connectivity index (χ2n) is 4.32. The smallest absolute Gasteiger partial charge is 0.0423 e. The Hall–Kier alpha value is -0.280. The van der Waals surface area contributed by atoms with Gasteiger partial charge in [0.25, 0.3) is 0 Å². The normalized spacial score (nSPS) is 22.3. The molecule has 1 aromatic carbocycles. The number of benzene rings is 1. The van der Waals surface area contributed by atoms with Crippen LogP contribution in [0.3, 0.4) is 0 Å². The zero-order chi connectivity index (χ0) is 11.5. The van der Waals surface area contributed by atoms with Gasteiger partial charge in [0.05, 0.1) is 0 Å². The molecule has 1 aromatic rings. The lowest BCUT2D eigenvalue weighted by molar-refractivity contribution is 0.199. The van der Waals surface area contributed by atoms with Crippen molar-refractivity contribution in [1.82, 2.24) is 10.2 Å². The van der Waals surface area contributed by atoms with Crippen LogP contribution in [0.2, 0.25) is 10.0 Å². The molecule has 2 nitrogen and oxygen atoms in total. The van der Waals surface area contributed by atoms with Crippen LogP contribution >= 0.6 is 23.2 Å². The quantitative estimate of drug-likeness (QED) is 0.877. The minimum Gasteiger partial charge on any atom is -0.314 e. The van der Waals surface area contributed by atoms with E-state index in [1.807, 2.05) is 12.1 Å². The maximum absolute atomic E-state index is 5.99. The van der Waals surface area contributed by atoms with Crippen molar-refractivity contribution < 1.29 is 0 Å².